The Hall–Kier alpha value is -3.13. The second-order valence-corrected chi connectivity index (χ2v) is 8.50. The topological polar surface area (TPSA) is 102 Å². The maximum atomic E-state index is 12.6. The molecule has 2 N–H and O–H groups in total. The maximum absolute atomic E-state index is 12.6. The average molecular weight is 426 g/mol. The first-order chi connectivity index (χ1) is 14.4. The molecule has 0 bridgehead atoms. The lowest BCUT2D eigenvalue weighted by Gasteiger charge is -2.17. The van der Waals surface area contributed by atoms with Crippen molar-refractivity contribution in [3.63, 3.8) is 0 Å². The summed E-state index contributed by atoms with van der Waals surface area (Å²) >= 11 is 1.56. The van der Waals surface area contributed by atoms with Crippen molar-refractivity contribution in [2.75, 3.05) is 7.11 Å². The minimum Gasteiger partial charge on any atom is -0.504 e. The Morgan fingerprint density at radius 1 is 1.43 bits per heavy atom. The van der Waals surface area contributed by atoms with Gasteiger partial charge in [0, 0.05) is 11.0 Å². The van der Waals surface area contributed by atoms with Gasteiger partial charge in [0.05, 0.1) is 12.5 Å². The number of nitrogens with zero attached hydrogens (tertiary/aromatic N) is 1. The Bertz CT molecular complexity index is 1190. The highest BCUT2D eigenvalue weighted by molar-refractivity contribution is 7.18. The van der Waals surface area contributed by atoms with Gasteiger partial charge in [-0.2, -0.15) is 0 Å². The Labute approximate surface area is 177 Å². The van der Waals surface area contributed by atoms with Crippen LogP contribution in [0.1, 0.15) is 35.2 Å². The molecular formula is C22H22N2O5S. The van der Waals surface area contributed by atoms with Gasteiger partial charge in [-0.05, 0) is 54.5 Å². The van der Waals surface area contributed by atoms with Gasteiger partial charge < -0.3 is 19.6 Å². The van der Waals surface area contributed by atoms with E-state index in [1.807, 2.05) is 0 Å². The summed E-state index contributed by atoms with van der Waals surface area (Å²) in [6.07, 6.45) is 5.79. The fraction of sp³-hybridized carbons (Fsp3) is 0.318. The summed E-state index contributed by atoms with van der Waals surface area (Å²) in [6, 6.07) is 4.73. The predicted octanol–water partition coefficient (Wildman–Crippen LogP) is 3.58. The molecule has 1 aliphatic carbocycles. The number of methoxy groups -OCH3 is 1. The summed E-state index contributed by atoms with van der Waals surface area (Å²) in [5.74, 6) is 0.711. The number of hydrogen-bond acceptors (Lipinski definition) is 7. The molecule has 30 heavy (non-hydrogen) atoms. The van der Waals surface area contributed by atoms with Crippen molar-refractivity contribution in [2.24, 2.45) is 5.92 Å². The van der Waals surface area contributed by atoms with Crippen LogP contribution in [-0.4, -0.2) is 28.2 Å². The van der Waals surface area contributed by atoms with E-state index in [2.05, 4.69) is 16.9 Å². The van der Waals surface area contributed by atoms with Crippen LogP contribution >= 0.6 is 11.3 Å². The van der Waals surface area contributed by atoms with Gasteiger partial charge in [0.15, 0.2) is 11.5 Å². The molecule has 2 aromatic heterocycles. The number of hydrogen-bond donors (Lipinski definition) is 2. The van der Waals surface area contributed by atoms with Crippen LogP contribution in [0.2, 0.25) is 0 Å². The van der Waals surface area contributed by atoms with Crippen molar-refractivity contribution in [3.05, 3.63) is 56.5 Å². The zero-order chi connectivity index (χ0) is 21.3. The lowest BCUT2D eigenvalue weighted by molar-refractivity contribution is -0.139. The van der Waals surface area contributed by atoms with Crippen LogP contribution < -0.4 is 10.3 Å². The number of thiophene rings is 1. The van der Waals surface area contributed by atoms with E-state index in [0.717, 1.165) is 24.8 Å². The van der Waals surface area contributed by atoms with Crippen molar-refractivity contribution in [2.45, 2.75) is 32.8 Å². The third kappa shape index (κ3) is 4.09. The van der Waals surface area contributed by atoms with Gasteiger partial charge >= 0.3 is 5.97 Å². The second kappa shape index (κ2) is 8.31. The van der Waals surface area contributed by atoms with Gasteiger partial charge in [-0.15, -0.1) is 11.3 Å². The molecule has 2 heterocycles. The Kier molecular flexibility index (Phi) is 5.59. The van der Waals surface area contributed by atoms with Crippen LogP contribution in [-0.2, 0) is 29.0 Å². The molecule has 0 radical (unpaired) electrons. The highest BCUT2D eigenvalue weighted by Gasteiger charge is 2.23. The number of H-pyrrole nitrogens is 1. The first-order valence-electron chi connectivity index (χ1n) is 9.70. The van der Waals surface area contributed by atoms with E-state index in [9.17, 15) is 14.7 Å². The average Bonchev–Trinajstić information content (AvgIpc) is 3.09. The van der Waals surface area contributed by atoms with Gasteiger partial charge in [0.2, 0.25) is 0 Å². The van der Waals surface area contributed by atoms with Gasteiger partial charge in [-0.25, -0.2) is 9.78 Å². The number of ether oxygens (including phenoxy) is 2. The number of phenols is 1. The van der Waals surface area contributed by atoms with Crippen LogP contribution in [0.15, 0.2) is 29.1 Å². The monoisotopic (exact) mass is 426 g/mol. The zero-order valence-electron chi connectivity index (χ0n) is 16.7. The van der Waals surface area contributed by atoms with E-state index in [4.69, 9.17) is 9.47 Å². The van der Waals surface area contributed by atoms with Gasteiger partial charge in [-0.3, -0.25) is 4.79 Å². The first kappa shape index (κ1) is 20.2. The van der Waals surface area contributed by atoms with Gasteiger partial charge in [0.25, 0.3) is 5.56 Å². The quantitative estimate of drug-likeness (QED) is 0.478. The van der Waals surface area contributed by atoms with E-state index in [0.29, 0.717) is 33.3 Å². The number of phenolic OH excluding ortho intramolecular Hbond substituents is 1. The van der Waals surface area contributed by atoms with E-state index in [1.54, 1.807) is 29.5 Å². The molecule has 7 nitrogen and oxygen atoms in total. The molecule has 0 aliphatic heterocycles. The van der Waals surface area contributed by atoms with Gasteiger partial charge in [-0.1, -0.05) is 13.0 Å². The maximum Gasteiger partial charge on any atom is 0.331 e. The fourth-order valence-corrected chi connectivity index (χ4v) is 5.01. The number of benzene rings is 1. The highest BCUT2D eigenvalue weighted by atomic mass is 32.1. The molecule has 0 amide bonds. The van der Waals surface area contributed by atoms with Crippen molar-refractivity contribution >= 4 is 33.6 Å². The Balaban J connectivity index is 1.46. The predicted molar refractivity (Wildman–Crippen MR) is 115 cm³/mol. The number of aromatic hydroxyl groups is 1. The lowest BCUT2D eigenvalue weighted by atomic mass is 9.89. The summed E-state index contributed by atoms with van der Waals surface area (Å²) in [6.45, 7) is 2.10. The molecule has 0 spiro atoms. The number of rotatable bonds is 5. The minimum absolute atomic E-state index is 0.0207. The highest BCUT2D eigenvalue weighted by Crippen LogP contribution is 2.35. The normalized spacial score (nSPS) is 16.0. The summed E-state index contributed by atoms with van der Waals surface area (Å²) in [5, 5.41) is 10.3. The molecule has 3 aromatic rings. The molecule has 1 aliphatic rings. The van der Waals surface area contributed by atoms with E-state index >= 15 is 0 Å². The van der Waals surface area contributed by atoms with Crippen LogP contribution in [0, 0.1) is 5.92 Å². The summed E-state index contributed by atoms with van der Waals surface area (Å²) in [5.41, 5.74) is 1.62. The fourth-order valence-electron chi connectivity index (χ4n) is 3.61. The Morgan fingerprint density at radius 3 is 3.07 bits per heavy atom. The number of carbonyl (C=O) groups is 1. The summed E-state index contributed by atoms with van der Waals surface area (Å²) < 4.78 is 10.3. The number of aryl methyl sites for hydroxylation is 1. The summed E-state index contributed by atoms with van der Waals surface area (Å²) in [4.78, 5) is 33.8. The van der Waals surface area contributed by atoms with Crippen molar-refractivity contribution in [3.8, 4) is 11.5 Å². The molecule has 0 saturated heterocycles. The number of aromatic amines is 1. The van der Waals surface area contributed by atoms with Crippen LogP contribution in [0.25, 0.3) is 16.3 Å². The SMILES string of the molecule is COc1cc(/C=C/C(=O)OCc2nc3sc4c(c3c(=O)[nH]2)CCC(C)C4)ccc1O. The van der Waals surface area contributed by atoms with Crippen LogP contribution in [0.3, 0.4) is 0 Å². The van der Waals surface area contributed by atoms with Crippen LogP contribution in [0.5, 0.6) is 11.5 Å². The molecule has 4 rings (SSSR count). The molecular weight excluding hydrogens is 404 g/mol. The van der Waals surface area contributed by atoms with E-state index in [1.165, 1.54) is 24.1 Å². The van der Waals surface area contributed by atoms with Crippen molar-refractivity contribution < 1.29 is 19.4 Å². The molecule has 0 saturated carbocycles. The third-order valence-electron chi connectivity index (χ3n) is 5.18. The number of carbonyl (C=O) groups excluding carboxylic acids is 1. The standard InChI is InChI=1S/C22H22N2O5S/c1-12-3-6-14-17(9-12)30-22-20(14)21(27)23-18(24-22)11-29-19(26)8-5-13-4-7-15(25)16(10-13)28-2/h4-5,7-8,10,12,25H,3,6,9,11H2,1-2H3,(H,23,24,27)/b8-5+. The minimum atomic E-state index is -0.566. The smallest absolute Gasteiger partial charge is 0.331 e. The zero-order valence-corrected chi connectivity index (χ0v) is 17.5. The van der Waals surface area contributed by atoms with E-state index < -0.39 is 5.97 Å². The Morgan fingerprint density at radius 2 is 2.27 bits per heavy atom. The summed E-state index contributed by atoms with van der Waals surface area (Å²) in [7, 11) is 1.45. The molecule has 1 unspecified atom stereocenters. The number of aromatic nitrogens is 2. The number of esters is 1. The largest absolute Gasteiger partial charge is 0.504 e. The van der Waals surface area contributed by atoms with Crippen LogP contribution in [0.4, 0.5) is 0 Å². The van der Waals surface area contributed by atoms with Crippen molar-refractivity contribution in [1.82, 2.24) is 9.97 Å². The second-order valence-electron chi connectivity index (χ2n) is 7.42. The first-order valence-corrected chi connectivity index (χ1v) is 10.5. The molecule has 156 valence electrons. The molecule has 1 atom stereocenters. The third-order valence-corrected chi connectivity index (χ3v) is 6.33. The van der Waals surface area contributed by atoms with Crippen molar-refractivity contribution in [1.29, 1.82) is 0 Å². The van der Waals surface area contributed by atoms with E-state index in [-0.39, 0.29) is 17.9 Å². The molecule has 0 fully saturated rings. The molecule has 8 heteroatoms. The number of nitrogens with one attached hydrogen (secondary N) is 1. The number of fused-ring (bicyclic) bond motifs is 3. The van der Waals surface area contributed by atoms with Gasteiger partial charge in [0.1, 0.15) is 17.3 Å². The lowest BCUT2D eigenvalue weighted by Crippen LogP contribution is -2.15. The molecule has 1 aromatic carbocycles.